The molecule has 12 heteroatoms. The van der Waals surface area contributed by atoms with E-state index in [0.29, 0.717) is 45.2 Å². The van der Waals surface area contributed by atoms with Gasteiger partial charge in [0.25, 0.3) is 11.8 Å². The van der Waals surface area contributed by atoms with E-state index in [0.717, 1.165) is 49.7 Å². The molecule has 0 spiro atoms. The van der Waals surface area contributed by atoms with Gasteiger partial charge in [0.1, 0.15) is 0 Å². The molecule has 0 aliphatic carbocycles. The summed E-state index contributed by atoms with van der Waals surface area (Å²) in [7, 11) is 0. The van der Waals surface area contributed by atoms with Crippen LogP contribution < -0.4 is 5.73 Å². The number of hydrogen-bond acceptors (Lipinski definition) is 7. The maximum Gasteiger partial charge on any atom is 0.276 e. The zero-order valence-corrected chi connectivity index (χ0v) is 30.5. The fourth-order valence-electron chi connectivity index (χ4n) is 7.06. The van der Waals surface area contributed by atoms with E-state index >= 15 is 0 Å². The number of halogens is 3. The Morgan fingerprint density at radius 3 is 1.54 bits per heavy atom. The number of carbonyl (C=O) groups excluding carboxylic acids is 2. The van der Waals surface area contributed by atoms with Crippen LogP contribution in [0.3, 0.4) is 0 Å². The van der Waals surface area contributed by atoms with Crippen LogP contribution in [0.1, 0.15) is 57.8 Å². The number of anilines is 1. The van der Waals surface area contributed by atoms with Gasteiger partial charge in [-0.15, -0.1) is 0 Å². The number of aromatic nitrogens is 4. The molecule has 9 nitrogen and oxygen atoms in total. The average molecular weight is 753 g/mol. The molecular formula is C40H36Cl3N7O2. The molecule has 0 bridgehead atoms. The number of nitrogens with two attached hydrogens (primary N) is 1. The van der Waals surface area contributed by atoms with Crippen molar-refractivity contribution in [2.24, 2.45) is 0 Å². The van der Waals surface area contributed by atoms with Crippen LogP contribution in [0, 0.1) is 0 Å². The van der Waals surface area contributed by atoms with Gasteiger partial charge in [-0.3, -0.25) is 9.59 Å². The van der Waals surface area contributed by atoms with E-state index in [1.165, 1.54) is 0 Å². The second-order valence-electron chi connectivity index (χ2n) is 13.1. The third-order valence-corrected chi connectivity index (χ3v) is 10.3. The Bertz CT molecular complexity index is 2110. The lowest BCUT2D eigenvalue weighted by molar-refractivity contribution is 0.0723. The summed E-state index contributed by atoms with van der Waals surface area (Å²) in [5, 5.41) is 1.58. The van der Waals surface area contributed by atoms with Crippen molar-refractivity contribution < 1.29 is 9.59 Å². The molecule has 2 fully saturated rings. The third-order valence-electron chi connectivity index (χ3n) is 9.53. The molecule has 2 aliphatic rings. The predicted octanol–water partition coefficient (Wildman–Crippen LogP) is 8.50. The van der Waals surface area contributed by atoms with Gasteiger partial charge in [-0.25, -0.2) is 19.9 Å². The van der Waals surface area contributed by atoms with Crippen LogP contribution in [-0.4, -0.2) is 66.7 Å². The van der Waals surface area contributed by atoms with Gasteiger partial charge in [-0.1, -0.05) is 83.3 Å². The lowest BCUT2D eigenvalue weighted by atomic mass is 10.0. The maximum absolute atomic E-state index is 13.1. The van der Waals surface area contributed by atoms with Crippen LogP contribution in [-0.2, 0) is 12.8 Å². The number of carbonyl (C=O) groups is 2. The molecule has 2 N–H and O–H groups in total. The molecule has 2 aliphatic heterocycles. The molecule has 52 heavy (non-hydrogen) atoms. The quantitative estimate of drug-likeness (QED) is 0.181. The summed E-state index contributed by atoms with van der Waals surface area (Å²) in [5.74, 6) is -0.120. The van der Waals surface area contributed by atoms with E-state index < -0.39 is 0 Å². The third kappa shape index (κ3) is 7.97. The topological polar surface area (TPSA) is 118 Å². The van der Waals surface area contributed by atoms with Gasteiger partial charge in [-0.2, -0.15) is 0 Å². The van der Waals surface area contributed by atoms with Crippen molar-refractivity contribution in [2.75, 3.05) is 18.8 Å². The first kappa shape index (κ1) is 35.6. The van der Waals surface area contributed by atoms with Crippen molar-refractivity contribution in [3.8, 4) is 0 Å². The van der Waals surface area contributed by atoms with Crippen LogP contribution in [0.15, 0.2) is 97.1 Å². The minimum absolute atomic E-state index is 0.116. The first-order valence-electron chi connectivity index (χ1n) is 17.3. The molecule has 2 saturated heterocycles. The molecule has 4 heterocycles. The standard InChI is InChI=1S/C20H17Cl2N3O.C20H19ClN4O/c2*21-14-6-3-5-13(11-14)12-15-7-4-10-25(15)20(26)18-19(22)24-17-9-2-1-8-16(17)23-18/h1-3,5-6,8-9,11,15H,4,7,10,12H2;1-3,5-6,8-9,11,15H,4,7,10,12H2,(H2,22,24). The van der Waals surface area contributed by atoms with Gasteiger partial charge in [0.05, 0.1) is 22.1 Å². The second kappa shape index (κ2) is 15.8. The number of para-hydroxylation sites is 4. The first-order valence-corrected chi connectivity index (χ1v) is 18.4. The Labute approximate surface area is 316 Å². The second-order valence-corrected chi connectivity index (χ2v) is 14.3. The molecule has 264 valence electrons. The van der Waals surface area contributed by atoms with Crippen LogP contribution >= 0.6 is 34.8 Å². The van der Waals surface area contributed by atoms with E-state index in [1.807, 2.05) is 107 Å². The SMILES string of the molecule is Nc1nc2ccccc2nc1C(=O)N1CCCC1Cc1cccc(Cl)c1.O=C(c1nc2ccccc2nc1Cl)N1CCCC1Cc1cccc(Cl)c1. The first-order chi connectivity index (χ1) is 25.2. The molecular weight excluding hydrogens is 717 g/mol. The Balaban J connectivity index is 0.000000162. The number of likely N-dealkylation sites (tertiary alicyclic amines) is 2. The zero-order valence-electron chi connectivity index (χ0n) is 28.3. The van der Waals surface area contributed by atoms with E-state index in [9.17, 15) is 9.59 Å². The van der Waals surface area contributed by atoms with Crippen molar-refractivity contribution in [3.05, 3.63) is 135 Å². The highest BCUT2D eigenvalue weighted by molar-refractivity contribution is 6.32. The number of amides is 2. The zero-order chi connectivity index (χ0) is 36.2. The molecule has 4 aromatic carbocycles. The highest BCUT2D eigenvalue weighted by Crippen LogP contribution is 2.28. The van der Waals surface area contributed by atoms with E-state index in [1.54, 1.807) is 0 Å². The summed E-state index contributed by atoms with van der Waals surface area (Å²) in [5.41, 5.74) is 11.5. The summed E-state index contributed by atoms with van der Waals surface area (Å²) < 4.78 is 0. The highest BCUT2D eigenvalue weighted by atomic mass is 35.5. The number of benzene rings is 4. The van der Waals surface area contributed by atoms with E-state index in [-0.39, 0.29) is 46.3 Å². The van der Waals surface area contributed by atoms with E-state index in [4.69, 9.17) is 40.5 Å². The van der Waals surface area contributed by atoms with Gasteiger partial charge in [-0.05, 0) is 98.2 Å². The lowest BCUT2D eigenvalue weighted by Crippen LogP contribution is -2.37. The number of nitrogens with zero attached hydrogens (tertiary/aromatic N) is 6. The maximum atomic E-state index is 13.1. The van der Waals surface area contributed by atoms with E-state index in [2.05, 4.69) is 19.9 Å². The molecule has 8 rings (SSSR count). The summed E-state index contributed by atoms with van der Waals surface area (Å²) in [6.07, 6.45) is 5.39. The fraction of sp³-hybridized carbons (Fsp3) is 0.250. The van der Waals surface area contributed by atoms with Gasteiger partial charge >= 0.3 is 0 Å². The normalized spacial score (nSPS) is 17.0. The number of hydrogen-bond donors (Lipinski definition) is 1. The average Bonchev–Trinajstić information content (AvgIpc) is 3.80. The fourth-order valence-corrected chi connectivity index (χ4v) is 7.70. The summed E-state index contributed by atoms with van der Waals surface area (Å²) in [6, 6.07) is 30.6. The molecule has 6 aromatic rings. The number of nitrogen functional groups attached to an aromatic ring is 1. The molecule has 2 atom stereocenters. The van der Waals surface area contributed by atoms with Gasteiger partial charge in [0.2, 0.25) is 0 Å². The summed E-state index contributed by atoms with van der Waals surface area (Å²) >= 11 is 18.4. The van der Waals surface area contributed by atoms with Gasteiger partial charge in [0, 0.05) is 35.2 Å². The molecule has 0 saturated carbocycles. The highest BCUT2D eigenvalue weighted by Gasteiger charge is 2.33. The lowest BCUT2D eigenvalue weighted by Gasteiger charge is -2.25. The molecule has 2 aromatic heterocycles. The predicted molar refractivity (Wildman–Crippen MR) is 207 cm³/mol. The van der Waals surface area contributed by atoms with Crippen LogP contribution in [0.2, 0.25) is 15.2 Å². The van der Waals surface area contributed by atoms with Gasteiger partial charge < -0.3 is 15.5 Å². The van der Waals surface area contributed by atoms with Crippen LogP contribution in [0.25, 0.3) is 22.1 Å². The molecule has 2 amide bonds. The summed E-state index contributed by atoms with van der Waals surface area (Å²) in [4.78, 5) is 47.5. The Morgan fingerprint density at radius 1 is 0.596 bits per heavy atom. The van der Waals surface area contributed by atoms with Crippen LogP contribution in [0.4, 0.5) is 5.82 Å². The van der Waals surface area contributed by atoms with Crippen molar-refractivity contribution in [1.82, 2.24) is 29.7 Å². The van der Waals surface area contributed by atoms with Gasteiger partial charge in [0.15, 0.2) is 22.4 Å². The van der Waals surface area contributed by atoms with Crippen LogP contribution in [0.5, 0.6) is 0 Å². The Hall–Kier alpha value is -4.83. The Morgan fingerprint density at radius 2 is 1.04 bits per heavy atom. The minimum Gasteiger partial charge on any atom is -0.382 e. The smallest absolute Gasteiger partial charge is 0.276 e. The number of rotatable bonds is 6. The van der Waals surface area contributed by atoms with Crippen molar-refractivity contribution in [1.29, 1.82) is 0 Å². The van der Waals surface area contributed by atoms with Crippen molar-refractivity contribution in [2.45, 2.75) is 50.6 Å². The molecule has 2 unspecified atom stereocenters. The van der Waals surface area contributed by atoms with Crippen molar-refractivity contribution in [3.63, 3.8) is 0 Å². The Kier molecular flexibility index (Phi) is 10.8. The van der Waals surface area contributed by atoms with Crippen molar-refractivity contribution >= 4 is 74.5 Å². The summed E-state index contributed by atoms with van der Waals surface area (Å²) in [6.45, 7) is 1.41. The monoisotopic (exact) mass is 751 g/mol. The molecule has 0 radical (unpaired) electrons. The largest absolute Gasteiger partial charge is 0.382 e. The number of fused-ring (bicyclic) bond motifs is 2. The minimum atomic E-state index is -0.155.